The maximum atomic E-state index is 10.1. The van der Waals surface area contributed by atoms with Gasteiger partial charge in [0.25, 0.3) is 0 Å². The molecule has 0 fully saturated rings. The summed E-state index contributed by atoms with van der Waals surface area (Å²) in [5, 5.41) is 2.93. The Morgan fingerprint density at radius 2 is 2.36 bits per heavy atom. The summed E-state index contributed by atoms with van der Waals surface area (Å²) in [4.78, 5) is 11.8. The van der Waals surface area contributed by atoms with Gasteiger partial charge in [-0.2, -0.15) is 0 Å². The van der Waals surface area contributed by atoms with Gasteiger partial charge < -0.3 is 15.0 Å². The van der Waals surface area contributed by atoms with E-state index in [2.05, 4.69) is 11.9 Å². The molecule has 0 aromatic rings. The van der Waals surface area contributed by atoms with Crippen LogP contribution in [0.5, 0.6) is 0 Å². The minimum atomic E-state index is 0.402. The summed E-state index contributed by atoms with van der Waals surface area (Å²) in [6.45, 7) is 4.00. The lowest BCUT2D eigenvalue weighted by Gasteiger charge is -2.11. The number of rotatable bonds is 5. The van der Waals surface area contributed by atoms with Gasteiger partial charge in [-0.1, -0.05) is 6.58 Å². The number of allylic oxidation sites excluding steroid dienone is 1. The van der Waals surface area contributed by atoms with Crippen molar-refractivity contribution in [3.8, 4) is 0 Å². The summed E-state index contributed by atoms with van der Waals surface area (Å²) >= 11 is 0. The van der Waals surface area contributed by atoms with Crippen LogP contribution in [0.1, 0.15) is 0 Å². The van der Waals surface area contributed by atoms with Crippen molar-refractivity contribution in [2.24, 2.45) is 0 Å². The molecule has 0 saturated heterocycles. The molecule has 11 heavy (non-hydrogen) atoms. The molecule has 0 radical (unpaired) electrons. The molecule has 3 heteroatoms. The first-order valence-electron chi connectivity index (χ1n) is 3.40. The van der Waals surface area contributed by atoms with Crippen molar-refractivity contribution in [1.82, 2.24) is 10.2 Å². The van der Waals surface area contributed by atoms with Crippen molar-refractivity contribution in [3.63, 3.8) is 0 Å². The van der Waals surface area contributed by atoms with E-state index in [0.717, 1.165) is 12.0 Å². The van der Waals surface area contributed by atoms with Crippen LogP contribution in [0.15, 0.2) is 24.6 Å². The van der Waals surface area contributed by atoms with Gasteiger partial charge >= 0.3 is 0 Å². The van der Waals surface area contributed by atoms with Crippen LogP contribution in [0.4, 0.5) is 0 Å². The molecule has 0 bridgehead atoms. The zero-order valence-corrected chi connectivity index (χ0v) is 7.00. The number of carbonyl (C=O) groups excluding carboxylic acids is 1. The second-order valence-corrected chi connectivity index (χ2v) is 2.14. The van der Waals surface area contributed by atoms with Crippen molar-refractivity contribution in [3.05, 3.63) is 24.6 Å². The number of hydrogen-bond donors (Lipinski definition) is 1. The maximum Gasteiger partial charge on any atom is 0.139 e. The molecule has 0 heterocycles. The van der Waals surface area contributed by atoms with Crippen molar-refractivity contribution in [1.29, 1.82) is 0 Å². The Hall–Kier alpha value is -1.25. The van der Waals surface area contributed by atoms with Gasteiger partial charge in [0.05, 0.1) is 6.54 Å². The van der Waals surface area contributed by atoms with Crippen molar-refractivity contribution in [2.75, 3.05) is 20.6 Å². The van der Waals surface area contributed by atoms with Gasteiger partial charge in [0.1, 0.15) is 6.29 Å². The first-order valence-corrected chi connectivity index (χ1v) is 3.40. The first kappa shape index (κ1) is 9.75. The molecule has 0 unspecified atom stereocenters. The molecule has 0 amide bonds. The zero-order valence-electron chi connectivity index (χ0n) is 7.00. The van der Waals surface area contributed by atoms with Crippen molar-refractivity contribution < 1.29 is 4.79 Å². The van der Waals surface area contributed by atoms with E-state index in [1.54, 1.807) is 11.0 Å². The quantitative estimate of drug-likeness (QED) is 0.458. The van der Waals surface area contributed by atoms with Crippen LogP contribution >= 0.6 is 0 Å². The molecule has 0 atom stereocenters. The lowest BCUT2D eigenvalue weighted by Crippen LogP contribution is -2.16. The number of nitrogens with one attached hydrogen (secondary N) is 1. The Kier molecular flexibility index (Phi) is 4.90. The van der Waals surface area contributed by atoms with Crippen LogP contribution in [-0.2, 0) is 4.79 Å². The van der Waals surface area contributed by atoms with Crippen LogP contribution in [-0.4, -0.2) is 31.8 Å². The van der Waals surface area contributed by atoms with Gasteiger partial charge in [-0.3, -0.25) is 0 Å². The number of aldehydes is 1. The van der Waals surface area contributed by atoms with Gasteiger partial charge in [-0.05, 0) is 6.08 Å². The van der Waals surface area contributed by atoms with E-state index in [9.17, 15) is 4.79 Å². The lowest BCUT2D eigenvalue weighted by atomic mass is 10.4. The fourth-order valence-electron chi connectivity index (χ4n) is 0.627. The smallest absolute Gasteiger partial charge is 0.139 e. The average molecular weight is 154 g/mol. The molecular weight excluding hydrogens is 140 g/mol. The summed E-state index contributed by atoms with van der Waals surface area (Å²) in [5.74, 6) is 0. The highest BCUT2D eigenvalue weighted by atomic mass is 16.1. The first-order chi connectivity index (χ1) is 5.24. The Bertz CT molecular complexity index is 163. The minimum Gasteiger partial charge on any atom is -0.387 e. The molecule has 0 aliphatic carbocycles. The second kappa shape index (κ2) is 5.53. The third kappa shape index (κ3) is 4.19. The molecule has 3 nitrogen and oxygen atoms in total. The van der Waals surface area contributed by atoms with Gasteiger partial charge in [-0.25, -0.2) is 0 Å². The Balaban J connectivity index is 4.01. The van der Waals surface area contributed by atoms with Crippen LogP contribution in [0.3, 0.4) is 0 Å². The molecular formula is C8H14N2O. The van der Waals surface area contributed by atoms with E-state index in [1.807, 2.05) is 20.3 Å². The summed E-state index contributed by atoms with van der Waals surface area (Å²) in [7, 11) is 3.64. The molecule has 0 aliphatic heterocycles. The highest BCUT2D eigenvalue weighted by molar-refractivity contribution is 5.52. The Labute approximate surface area is 67.4 Å². The van der Waals surface area contributed by atoms with Crippen LogP contribution in [0, 0.1) is 0 Å². The summed E-state index contributed by atoms with van der Waals surface area (Å²) in [6, 6.07) is 0. The normalized spacial score (nSPS) is 10.5. The van der Waals surface area contributed by atoms with Gasteiger partial charge in [0.15, 0.2) is 0 Å². The third-order valence-electron chi connectivity index (χ3n) is 1.23. The summed E-state index contributed by atoms with van der Waals surface area (Å²) in [5.41, 5.74) is 0.898. The summed E-state index contributed by atoms with van der Waals surface area (Å²) < 4.78 is 0. The van der Waals surface area contributed by atoms with E-state index in [1.165, 1.54) is 0 Å². The van der Waals surface area contributed by atoms with Crippen LogP contribution < -0.4 is 5.32 Å². The molecule has 0 rings (SSSR count). The second-order valence-electron chi connectivity index (χ2n) is 2.14. The fourth-order valence-corrected chi connectivity index (χ4v) is 0.627. The Morgan fingerprint density at radius 3 is 2.73 bits per heavy atom. The Morgan fingerprint density at radius 1 is 1.73 bits per heavy atom. The predicted octanol–water partition coefficient (Wildman–Crippen LogP) is 0.364. The molecule has 0 aromatic carbocycles. The van der Waals surface area contributed by atoms with Crippen LogP contribution in [0.2, 0.25) is 0 Å². The topological polar surface area (TPSA) is 32.3 Å². The monoisotopic (exact) mass is 154 g/mol. The van der Waals surface area contributed by atoms with Crippen LogP contribution in [0.25, 0.3) is 0 Å². The number of hydrogen-bond acceptors (Lipinski definition) is 3. The van der Waals surface area contributed by atoms with Crippen molar-refractivity contribution in [2.45, 2.75) is 0 Å². The zero-order chi connectivity index (χ0) is 8.69. The van der Waals surface area contributed by atoms with Crippen molar-refractivity contribution >= 4 is 6.29 Å². The maximum absolute atomic E-state index is 10.1. The lowest BCUT2D eigenvalue weighted by molar-refractivity contribution is -0.108. The SMILES string of the molecule is C=C/C(=C/N(C)CC=O)NC. The molecule has 0 aromatic heterocycles. The van der Waals surface area contributed by atoms with E-state index >= 15 is 0 Å². The molecule has 0 aliphatic rings. The molecule has 0 spiro atoms. The minimum absolute atomic E-state index is 0.402. The predicted molar refractivity (Wildman–Crippen MR) is 46.0 cm³/mol. The van der Waals surface area contributed by atoms with E-state index in [0.29, 0.717) is 6.54 Å². The average Bonchev–Trinajstić information content (AvgIpc) is 2.01. The highest BCUT2D eigenvalue weighted by Gasteiger charge is 1.90. The highest BCUT2D eigenvalue weighted by Crippen LogP contribution is 1.91. The number of likely N-dealkylation sites (N-methyl/N-ethyl adjacent to an activating group) is 2. The largest absolute Gasteiger partial charge is 0.387 e. The fraction of sp³-hybridized carbons (Fsp3) is 0.375. The molecule has 62 valence electrons. The van der Waals surface area contributed by atoms with Gasteiger partial charge in [0.2, 0.25) is 0 Å². The number of carbonyl (C=O) groups is 1. The van der Waals surface area contributed by atoms with Gasteiger partial charge in [0, 0.05) is 26.0 Å². The van der Waals surface area contributed by atoms with E-state index in [4.69, 9.17) is 0 Å². The van der Waals surface area contributed by atoms with Gasteiger partial charge in [-0.15, -0.1) is 0 Å². The molecule has 0 saturated carbocycles. The number of nitrogens with zero attached hydrogens (tertiary/aromatic N) is 1. The summed E-state index contributed by atoms with van der Waals surface area (Å²) in [6.07, 6.45) is 4.37. The van der Waals surface area contributed by atoms with E-state index < -0.39 is 0 Å². The third-order valence-corrected chi connectivity index (χ3v) is 1.23. The van der Waals surface area contributed by atoms with E-state index in [-0.39, 0.29) is 0 Å². The molecule has 1 N–H and O–H groups in total. The standard InChI is InChI=1S/C8H14N2O/c1-4-8(9-2)7-10(3)5-6-11/h4,6-7,9H,1,5H2,2-3H3/b8-7-.